The van der Waals surface area contributed by atoms with Gasteiger partial charge in [0, 0.05) is 11.1 Å². The van der Waals surface area contributed by atoms with Gasteiger partial charge in [0.2, 0.25) is 0 Å². The Morgan fingerprint density at radius 1 is 0.800 bits per heavy atom. The first kappa shape index (κ1) is 18.0. The third kappa shape index (κ3) is 3.18. The van der Waals surface area contributed by atoms with E-state index in [1.165, 1.54) is 4.68 Å². The molecule has 144 valence electrons. The normalized spacial score (nSPS) is 11.5. The number of hydrogen-bond donors (Lipinski definition) is 0. The summed E-state index contributed by atoms with van der Waals surface area (Å²) < 4.78 is 1.40. The lowest BCUT2D eigenvalue weighted by atomic mass is 10.1. The van der Waals surface area contributed by atoms with E-state index in [0.717, 1.165) is 27.5 Å². The molecule has 0 saturated carbocycles. The van der Waals surface area contributed by atoms with E-state index in [2.05, 4.69) is 23.3 Å². The van der Waals surface area contributed by atoms with E-state index >= 15 is 0 Å². The number of para-hydroxylation sites is 1. The molecule has 0 atom stereocenters. The fraction of sp³-hybridized carbons (Fsp3) is 0.0385. The van der Waals surface area contributed by atoms with Crippen molar-refractivity contribution in [2.45, 2.75) is 6.92 Å². The average Bonchev–Trinajstić information content (AvgIpc) is 2.79. The van der Waals surface area contributed by atoms with Crippen LogP contribution in [0.25, 0.3) is 33.1 Å². The highest BCUT2D eigenvalue weighted by Gasteiger charge is 2.12. The van der Waals surface area contributed by atoms with Gasteiger partial charge >= 0.3 is 0 Å². The molecule has 0 radical (unpaired) electrons. The van der Waals surface area contributed by atoms with Gasteiger partial charge in [0.1, 0.15) is 0 Å². The summed E-state index contributed by atoms with van der Waals surface area (Å²) >= 11 is 0. The van der Waals surface area contributed by atoms with Crippen molar-refractivity contribution < 1.29 is 0 Å². The smallest absolute Gasteiger partial charge is 0.267 e. The molecule has 0 unspecified atom stereocenters. The van der Waals surface area contributed by atoms with Crippen molar-refractivity contribution in [2.75, 3.05) is 0 Å². The van der Waals surface area contributed by atoms with Crippen LogP contribution in [-0.4, -0.2) is 15.9 Å². The van der Waals surface area contributed by atoms with E-state index in [-0.39, 0.29) is 5.56 Å². The molecule has 0 fully saturated rings. The molecule has 4 nitrogen and oxygen atoms in total. The van der Waals surface area contributed by atoms with Crippen LogP contribution in [0.4, 0.5) is 0 Å². The highest BCUT2D eigenvalue weighted by molar-refractivity contribution is 5.99. The van der Waals surface area contributed by atoms with Crippen LogP contribution in [-0.2, 0) is 0 Å². The Morgan fingerprint density at radius 3 is 2.33 bits per heavy atom. The van der Waals surface area contributed by atoms with Crippen LogP contribution in [0.5, 0.6) is 0 Å². The molecule has 0 spiro atoms. The highest BCUT2D eigenvalue weighted by atomic mass is 16.1. The number of benzene rings is 4. The van der Waals surface area contributed by atoms with Crippen LogP contribution >= 0.6 is 0 Å². The zero-order valence-electron chi connectivity index (χ0n) is 16.5. The Hall–Kier alpha value is -4.05. The topological polar surface area (TPSA) is 47.2 Å². The van der Waals surface area contributed by atoms with E-state index in [1.54, 1.807) is 12.3 Å². The Bertz CT molecular complexity index is 1460. The molecule has 0 saturated heterocycles. The van der Waals surface area contributed by atoms with Crippen molar-refractivity contribution in [3.8, 4) is 11.4 Å². The molecule has 0 amide bonds. The summed E-state index contributed by atoms with van der Waals surface area (Å²) in [5.41, 5.74) is 3.41. The molecule has 0 aliphatic carbocycles. The maximum absolute atomic E-state index is 13.3. The van der Waals surface area contributed by atoms with Gasteiger partial charge in [0.15, 0.2) is 5.82 Å². The lowest BCUT2D eigenvalue weighted by Gasteiger charge is -2.10. The Kier molecular flexibility index (Phi) is 4.45. The molecular formula is C26H19N3O. The third-order valence-electron chi connectivity index (χ3n) is 5.20. The first-order valence-electron chi connectivity index (χ1n) is 9.82. The molecule has 5 aromatic rings. The van der Waals surface area contributed by atoms with E-state index in [9.17, 15) is 4.79 Å². The molecule has 0 aliphatic rings. The minimum atomic E-state index is -0.187. The van der Waals surface area contributed by atoms with Crippen LogP contribution in [0.3, 0.4) is 0 Å². The van der Waals surface area contributed by atoms with Crippen molar-refractivity contribution in [1.29, 1.82) is 0 Å². The molecule has 0 aliphatic heterocycles. The van der Waals surface area contributed by atoms with E-state index < -0.39 is 0 Å². The summed E-state index contributed by atoms with van der Waals surface area (Å²) in [5, 5.41) is 7.35. The third-order valence-corrected chi connectivity index (χ3v) is 5.20. The van der Waals surface area contributed by atoms with Crippen LogP contribution < -0.4 is 5.56 Å². The summed E-state index contributed by atoms with van der Waals surface area (Å²) in [6, 6.07) is 29.5. The summed E-state index contributed by atoms with van der Waals surface area (Å²) in [7, 11) is 0. The van der Waals surface area contributed by atoms with Gasteiger partial charge in [0.25, 0.3) is 5.56 Å². The van der Waals surface area contributed by atoms with Gasteiger partial charge in [-0.2, -0.15) is 9.78 Å². The Balaban J connectivity index is 1.73. The van der Waals surface area contributed by atoms with Crippen LogP contribution in [0.15, 0.2) is 101 Å². The van der Waals surface area contributed by atoms with Crippen LogP contribution in [0.1, 0.15) is 11.1 Å². The standard InChI is InChI=1S/C26H19N3O/c1-18-13-15-20(16-14-18)25-28-24-12-5-4-11-23(24)26(30)29(25)27-17-21-9-6-8-19-7-2-3-10-22(19)21/h2-17H,1H3/b27-17+. The molecule has 4 aromatic carbocycles. The Morgan fingerprint density at radius 2 is 1.50 bits per heavy atom. The molecular weight excluding hydrogens is 370 g/mol. The van der Waals surface area contributed by atoms with Crippen molar-refractivity contribution in [1.82, 2.24) is 9.66 Å². The first-order valence-corrected chi connectivity index (χ1v) is 9.82. The fourth-order valence-corrected chi connectivity index (χ4v) is 3.60. The van der Waals surface area contributed by atoms with Crippen molar-refractivity contribution in [3.63, 3.8) is 0 Å². The maximum Gasteiger partial charge on any atom is 0.282 e. The van der Waals surface area contributed by atoms with Crippen LogP contribution in [0, 0.1) is 6.92 Å². The summed E-state index contributed by atoms with van der Waals surface area (Å²) in [5.74, 6) is 0.523. The molecule has 1 heterocycles. The SMILES string of the molecule is Cc1ccc(-c2nc3ccccc3c(=O)n2/N=C/c2cccc3ccccc23)cc1. The molecule has 5 rings (SSSR count). The summed E-state index contributed by atoms with van der Waals surface area (Å²) in [4.78, 5) is 18.0. The maximum atomic E-state index is 13.3. The molecule has 30 heavy (non-hydrogen) atoms. The minimum Gasteiger partial charge on any atom is -0.267 e. The predicted molar refractivity (Wildman–Crippen MR) is 123 cm³/mol. The summed E-state index contributed by atoms with van der Waals surface area (Å²) in [6.07, 6.45) is 1.73. The van der Waals surface area contributed by atoms with Gasteiger partial charge < -0.3 is 0 Å². The fourth-order valence-electron chi connectivity index (χ4n) is 3.60. The van der Waals surface area contributed by atoms with Crippen molar-refractivity contribution in [2.24, 2.45) is 5.10 Å². The van der Waals surface area contributed by atoms with Gasteiger partial charge in [0.05, 0.1) is 17.1 Å². The largest absolute Gasteiger partial charge is 0.282 e. The van der Waals surface area contributed by atoms with E-state index in [0.29, 0.717) is 16.7 Å². The lowest BCUT2D eigenvalue weighted by molar-refractivity contribution is 0.830. The molecule has 1 aromatic heterocycles. The number of rotatable bonds is 3. The minimum absolute atomic E-state index is 0.187. The monoisotopic (exact) mass is 389 g/mol. The number of aryl methyl sites for hydroxylation is 1. The van der Waals surface area contributed by atoms with Crippen molar-refractivity contribution in [3.05, 3.63) is 112 Å². The first-order chi connectivity index (χ1) is 14.7. The second kappa shape index (κ2) is 7.41. The number of fused-ring (bicyclic) bond motifs is 2. The van der Waals surface area contributed by atoms with Crippen LogP contribution in [0.2, 0.25) is 0 Å². The zero-order chi connectivity index (χ0) is 20.5. The van der Waals surface area contributed by atoms with Gasteiger partial charge in [-0.3, -0.25) is 4.79 Å². The average molecular weight is 389 g/mol. The molecule has 0 bridgehead atoms. The zero-order valence-corrected chi connectivity index (χ0v) is 16.5. The van der Waals surface area contributed by atoms with Crippen molar-refractivity contribution >= 4 is 27.9 Å². The number of aromatic nitrogens is 2. The molecule has 0 N–H and O–H groups in total. The van der Waals surface area contributed by atoms with Gasteiger partial charge in [-0.05, 0) is 29.8 Å². The Labute approximate surface area is 173 Å². The second-order valence-electron chi connectivity index (χ2n) is 7.25. The van der Waals surface area contributed by atoms with Gasteiger partial charge in [-0.1, -0.05) is 84.4 Å². The van der Waals surface area contributed by atoms with E-state index in [4.69, 9.17) is 4.98 Å². The summed E-state index contributed by atoms with van der Waals surface area (Å²) in [6.45, 7) is 2.03. The quantitative estimate of drug-likeness (QED) is 0.388. The predicted octanol–water partition coefficient (Wildman–Crippen LogP) is 5.41. The van der Waals surface area contributed by atoms with E-state index in [1.807, 2.05) is 73.7 Å². The van der Waals surface area contributed by atoms with Gasteiger partial charge in [-0.15, -0.1) is 0 Å². The highest BCUT2D eigenvalue weighted by Crippen LogP contribution is 2.20. The number of hydrogen-bond acceptors (Lipinski definition) is 3. The second-order valence-corrected chi connectivity index (χ2v) is 7.25. The number of nitrogens with zero attached hydrogens (tertiary/aromatic N) is 3. The molecule has 4 heteroatoms. The van der Waals surface area contributed by atoms with Gasteiger partial charge in [-0.25, -0.2) is 4.98 Å². The lowest BCUT2D eigenvalue weighted by Crippen LogP contribution is -2.20.